The Morgan fingerprint density at radius 3 is 2.78 bits per heavy atom. The molecule has 0 aliphatic rings. The second-order valence-corrected chi connectivity index (χ2v) is 8.69. The van der Waals surface area contributed by atoms with E-state index in [4.69, 9.17) is 0 Å². The van der Waals surface area contributed by atoms with Crippen LogP contribution in [0, 0.1) is 13.8 Å². The van der Waals surface area contributed by atoms with Crippen LogP contribution in [0.3, 0.4) is 0 Å². The molecule has 32 heavy (non-hydrogen) atoms. The molecular weight excluding hydrogens is 422 g/mol. The molecule has 0 saturated heterocycles. The number of thioether (sulfide) groups is 1. The van der Waals surface area contributed by atoms with E-state index in [0.29, 0.717) is 29.1 Å². The van der Waals surface area contributed by atoms with Crippen LogP contribution in [-0.2, 0) is 0 Å². The molecule has 1 amide bonds. The number of hydrogen-bond acceptors (Lipinski definition) is 5. The zero-order valence-electron chi connectivity index (χ0n) is 18.2. The van der Waals surface area contributed by atoms with E-state index in [1.54, 1.807) is 30.2 Å². The Hall–Kier alpha value is -3.39. The Kier molecular flexibility index (Phi) is 6.41. The van der Waals surface area contributed by atoms with Gasteiger partial charge >= 0.3 is 0 Å². The first-order valence-corrected chi connectivity index (χ1v) is 11.8. The number of aromatic amines is 2. The highest BCUT2D eigenvalue weighted by Gasteiger charge is 2.19. The minimum absolute atomic E-state index is 0.193. The maximum atomic E-state index is 13.1. The molecular formula is C24H25N5O2S. The molecule has 3 heterocycles. The summed E-state index contributed by atoms with van der Waals surface area (Å²) in [6.07, 6.45) is 5.97. The fourth-order valence-electron chi connectivity index (χ4n) is 3.67. The third-order valence-electron chi connectivity index (χ3n) is 5.54. The fraction of sp³-hybridized carbons (Fsp3) is 0.250. The average Bonchev–Trinajstić information content (AvgIpc) is 3.09. The van der Waals surface area contributed by atoms with Crippen molar-refractivity contribution in [2.75, 3.05) is 12.0 Å². The van der Waals surface area contributed by atoms with Crippen molar-refractivity contribution in [3.63, 3.8) is 0 Å². The van der Waals surface area contributed by atoms with Crippen LogP contribution in [0.15, 0.2) is 53.6 Å². The van der Waals surface area contributed by atoms with Gasteiger partial charge in [0, 0.05) is 46.2 Å². The highest BCUT2D eigenvalue weighted by Crippen LogP contribution is 2.24. The number of carbonyl (C=O) groups excluding carboxylic acids is 1. The molecule has 0 spiro atoms. The monoisotopic (exact) mass is 447 g/mol. The van der Waals surface area contributed by atoms with E-state index in [-0.39, 0.29) is 11.5 Å². The van der Waals surface area contributed by atoms with Crippen molar-refractivity contribution in [2.45, 2.75) is 26.3 Å². The first-order valence-electron chi connectivity index (χ1n) is 10.4. The normalized spacial score (nSPS) is 12.1. The second kappa shape index (κ2) is 9.40. The Morgan fingerprint density at radius 2 is 2.03 bits per heavy atom. The average molecular weight is 448 g/mol. The first-order chi connectivity index (χ1) is 15.5. The van der Waals surface area contributed by atoms with Gasteiger partial charge in [-0.25, -0.2) is 4.98 Å². The maximum absolute atomic E-state index is 13.1. The van der Waals surface area contributed by atoms with Crippen molar-refractivity contribution in [1.82, 2.24) is 25.3 Å². The van der Waals surface area contributed by atoms with Gasteiger partial charge in [0.15, 0.2) is 0 Å². The molecule has 0 bridgehead atoms. The van der Waals surface area contributed by atoms with Gasteiger partial charge < -0.3 is 15.3 Å². The highest BCUT2D eigenvalue weighted by atomic mass is 32.2. The number of rotatable bonds is 7. The summed E-state index contributed by atoms with van der Waals surface area (Å²) in [5, 5.41) is 4.12. The zero-order valence-corrected chi connectivity index (χ0v) is 19.0. The molecule has 0 saturated carbocycles. The molecule has 3 N–H and O–H groups in total. The number of pyridine rings is 1. The number of benzene rings is 1. The predicted octanol–water partition coefficient (Wildman–Crippen LogP) is 4.15. The number of aromatic nitrogens is 4. The van der Waals surface area contributed by atoms with Crippen LogP contribution in [0.1, 0.15) is 39.8 Å². The summed E-state index contributed by atoms with van der Waals surface area (Å²) >= 11 is 1.68. The number of H-pyrrole nitrogens is 2. The van der Waals surface area contributed by atoms with Crippen molar-refractivity contribution >= 4 is 28.6 Å². The van der Waals surface area contributed by atoms with Crippen LogP contribution >= 0.6 is 11.8 Å². The van der Waals surface area contributed by atoms with Crippen LogP contribution in [0.5, 0.6) is 0 Å². The van der Waals surface area contributed by atoms with Crippen LogP contribution in [0.25, 0.3) is 22.3 Å². The molecule has 8 heteroatoms. The summed E-state index contributed by atoms with van der Waals surface area (Å²) in [6, 6.07) is 10.3. The molecule has 1 atom stereocenters. The highest BCUT2D eigenvalue weighted by molar-refractivity contribution is 7.98. The zero-order chi connectivity index (χ0) is 22.7. The van der Waals surface area contributed by atoms with Gasteiger partial charge in [0.25, 0.3) is 11.5 Å². The van der Waals surface area contributed by atoms with Gasteiger partial charge in [-0.1, -0.05) is 0 Å². The lowest BCUT2D eigenvalue weighted by Gasteiger charge is -2.19. The van der Waals surface area contributed by atoms with Crippen molar-refractivity contribution < 1.29 is 4.79 Å². The van der Waals surface area contributed by atoms with Crippen molar-refractivity contribution in [3.05, 3.63) is 81.7 Å². The van der Waals surface area contributed by atoms with Gasteiger partial charge in [0.1, 0.15) is 5.82 Å². The molecule has 1 aromatic carbocycles. The number of aryl methyl sites for hydroxylation is 2. The van der Waals surface area contributed by atoms with Gasteiger partial charge in [-0.15, -0.1) is 0 Å². The lowest BCUT2D eigenvalue weighted by molar-refractivity contribution is 0.0935. The molecule has 0 fully saturated rings. The van der Waals surface area contributed by atoms with Crippen LogP contribution < -0.4 is 10.9 Å². The smallest absolute Gasteiger partial charge is 0.251 e. The SMILES string of the molecule is CSCC[C@@H](NC(=O)c1ccc2[nH]c(C)c(C)c2c1)c1cc(=O)[nH]c(-c2cccnc2)n1. The predicted molar refractivity (Wildman–Crippen MR) is 129 cm³/mol. The van der Waals surface area contributed by atoms with Gasteiger partial charge in [0.05, 0.1) is 11.7 Å². The van der Waals surface area contributed by atoms with E-state index in [2.05, 4.69) is 25.3 Å². The largest absolute Gasteiger partial charge is 0.358 e. The topological polar surface area (TPSA) is 104 Å². The lowest BCUT2D eigenvalue weighted by atomic mass is 10.1. The number of hydrogen-bond donors (Lipinski definition) is 3. The Balaban J connectivity index is 1.66. The third-order valence-corrected chi connectivity index (χ3v) is 6.18. The minimum Gasteiger partial charge on any atom is -0.358 e. The Labute approximate surface area is 190 Å². The third kappa shape index (κ3) is 4.60. The number of nitrogens with zero attached hydrogens (tertiary/aromatic N) is 2. The number of nitrogens with one attached hydrogen (secondary N) is 3. The van der Waals surface area contributed by atoms with E-state index < -0.39 is 6.04 Å². The standard InChI is InChI=1S/C24H25N5O2S/c1-14-15(2)26-19-7-6-16(11-18(14)19)24(31)28-20(8-10-32-3)21-12-22(30)29-23(27-21)17-5-4-9-25-13-17/h4-7,9,11-13,20,26H,8,10H2,1-3H3,(H,28,31)(H,27,29,30)/t20-/m1/s1. The van der Waals surface area contributed by atoms with Gasteiger partial charge in [-0.2, -0.15) is 11.8 Å². The molecule has 164 valence electrons. The van der Waals surface area contributed by atoms with Gasteiger partial charge in [0.2, 0.25) is 0 Å². The molecule has 3 aromatic heterocycles. The summed E-state index contributed by atoms with van der Waals surface area (Å²) in [6.45, 7) is 4.06. The molecule has 0 radical (unpaired) electrons. The fourth-order valence-corrected chi connectivity index (χ4v) is 4.14. The van der Waals surface area contributed by atoms with E-state index in [1.165, 1.54) is 6.07 Å². The maximum Gasteiger partial charge on any atom is 0.251 e. The van der Waals surface area contributed by atoms with E-state index in [0.717, 1.165) is 27.9 Å². The Bertz CT molecular complexity index is 1310. The van der Waals surface area contributed by atoms with Crippen molar-refractivity contribution in [1.29, 1.82) is 0 Å². The van der Waals surface area contributed by atoms with Gasteiger partial charge in [-0.05, 0) is 68.2 Å². The van der Waals surface area contributed by atoms with Crippen molar-refractivity contribution in [2.24, 2.45) is 0 Å². The van der Waals surface area contributed by atoms with E-state index >= 15 is 0 Å². The van der Waals surface area contributed by atoms with E-state index in [1.807, 2.05) is 44.4 Å². The number of amides is 1. The van der Waals surface area contributed by atoms with Crippen LogP contribution in [0.4, 0.5) is 0 Å². The summed E-state index contributed by atoms with van der Waals surface area (Å²) in [4.78, 5) is 40.3. The number of fused-ring (bicyclic) bond motifs is 1. The van der Waals surface area contributed by atoms with E-state index in [9.17, 15) is 9.59 Å². The second-order valence-electron chi connectivity index (χ2n) is 7.70. The minimum atomic E-state index is -0.391. The summed E-state index contributed by atoms with van der Waals surface area (Å²) in [5.74, 6) is 1.06. The van der Waals surface area contributed by atoms with Crippen molar-refractivity contribution in [3.8, 4) is 11.4 Å². The molecule has 0 aliphatic heterocycles. The summed E-state index contributed by atoms with van der Waals surface area (Å²) in [7, 11) is 0. The molecule has 0 unspecified atom stereocenters. The summed E-state index contributed by atoms with van der Waals surface area (Å²) in [5.41, 5.74) is 4.78. The number of carbonyl (C=O) groups is 1. The molecule has 0 aliphatic carbocycles. The lowest BCUT2D eigenvalue weighted by Crippen LogP contribution is -2.30. The molecule has 7 nitrogen and oxygen atoms in total. The Morgan fingerprint density at radius 1 is 1.19 bits per heavy atom. The first kappa shape index (κ1) is 21.8. The molecule has 4 rings (SSSR count). The van der Waals surface area contributed by atoms with Crippen LogP contribution in [0.2, 0.25) is 0 Å². The van der Waals surface area contributed by atoms with Crippen LogP contribution in [-0.4, -0.2) is 37.9 Å². The summed E-state index contributed by atoms with van der Waals surface area (Å²) < 4.78 is 0. The quantitative estimate of drug-likeness (QED) is 0.395. The van der Waals surface area contributed by atoms with Gasteiger partial charge in [-0.3, -0.25) is 14.6 Å². The molecule has 4 aromatic rings.